The van der Waals surface area contributed by atoms with Gasteiger partial charge < -0.3 is 19.9 Å². The normalized spacial score (nSPS) is 13.5. The smallest absolute Gasteiger partial charge is 0.262 e. The Kier molecular flexibility index (Phi) is 7.38. The van der Waals surface area contributed by atoms with Crippen molar-refractivity contribution >= 4 is 34.8 Å². The van der Waals surface area contributed by atoms with Crippen LogP contribution in [0.15, 0.2) is 66.7 Å². The van der Waals surface area contributed by atoms with E-state index in [0.29, 0.717) is 48.2 Å². The molecule has 7 heteroatoms. The second kappa shape index (κ2) is 10.6. The van der Waals surface area contributed by atoms with Gasteiger partial charge in [0.1, 0.15) is 5.75 Å². The van der Waals surface area contributed by atoms with Crippen molar-refractivity contribution < 1.29 is 14.3 Å². The van der Waals surface area contributed by atoms with E-state index < -0.39 is 0 Å². The van der Waals surface area contributed by atoms with E-state index in [-0.39, 0.29) is 18.4 Å². The van der Waals surface area contributed by atoms with Crippen molar-refractivity contribution in [1.82, 2.24) is 4.90 Å². The number of halogens is 1. The van der Waals surface area contributed by atoms with Crippen LogP contribution in [0.3, 0.4) is 0 Å². The molecule has 2 amide bonds. The van der Waals surface area contributed by atoms with Gasteiger partial charge >= 0.3 is 0 Å². The van der Waals surface area contributed by atoms with Crippen LogP contribution in [0.1, 0.15) is 21.5 Å². The lowest BCUT2D eigenvalue weighted by Gasteiger charge is -2.37. The maximum absolute atomic E-state index is 12.7. The Balaban J connectivity index is 1.37. The number of para-hydroxylation sites is 2. The van der Waals surface area contributed by atoms with Gasteiger partial charge in [-0.25, -0.2) is 0 Å². The Morgan fingerprint density at radius 3 is 2.32 bits per heavy atom. The summed E-state index contributed by atoms with van der Waals surface area (Å²) < 4.78 is 5.72. The number of amides is 2. The summed E-state index contributed by atoms with van der Waals surface area (Å²) >= 11 is 6.29. The molecule has 3 aromatic rings. The summed E-state index contributed by atoms with van der Waals surface area (Å²) in [5.74, 6) is 0.306. The molecule has 0 bridgehead atoms. The van der Waals surface area contributed by atoms with Crippen LogP contribution in [0, 0.1) is 13.8 Å². The van der Waals surface area contributed by atoms with E-state index in [1.165, 1.54) is 0 Å². The van der Waals surface area contributed by atoms with Gasteiger partial charge in [-0.1, -0.05) is 48.0 Å². The zero-order valence-corrected chi connectivity index (χ0v) is 20.1. The van der Waals surface area contributed by atoms with Crippen LogP contribution in [0.4, 0.5) is 11.4 Å². The van der Waals surface area contributed by atoms with Gasteiger partial charge in [0, 0.05) is 31.7 Å². The second-order valence-corrected chi connectivity index (χ2v) is 8.80. The minimum atomic E-state index is -0.263. The number of benzene rings is 3. The summed E-state index contributed by atoms with van der Waals surface area (Å²) in [5, 5.41) is 3.45. The van der Waals surface area contributed by atoms with E-state index in [4.69, 9.17) is 16.3 Å². The van der Waals surface area contributed by atoms with E-state index in [1.54, 1.807) is 0 Å². The number of ether oxygens (including phenoxy) is 1. The van der Waals surface area contributed by atoms with Gasteiger partial charge in [0.25, 0.3) is 11.8 Å². The molecule has 1 aliphatic heterocycles. The van der Waals surface area contributed by atoms with Crippen LogP contribution in [-0.2, 0) is 4.79 Å². The molecular formula is C27H28ClN3O3. The molecule has 0 aliphatic carbocycles. The van der Waals surface area contributed by atoms with Gasteiger partial charge in [-0.05, 0) is 55.3 Å². The Morgan fingerprint density at radius 2 is 1.62 bits per heavy atom. The predicted octanol–water partition coefficient (Wildman–Crippen LogP) is 4.94. The van der Waals surface area contributed by atoms with Crippen LogP contribution in [-0.4, -0.2) is 49.5 Å². The zero-order valence-electron chi connectivity index (χ0n) is 19.4. The molecule has 0 aromatic heterocycles. The number of hydrogen-bond donors (Lipinski definition) is 1. The van der Waals surface area contributed by atoms with E-state index in [1.807, 2.05) is 85.5 Å². The molecule has 3 aromatic carbocycles. The van der Waals surface area contributed by atoms with Gasteiger partial charge in [-0.3, -0.25) is 9.59 Å². The topological polar surface area (TPSA) is 61.9 Å². The third-order valence-corrected chi connectivity index (χ3v) is 6.11. The number of hydrogen-bond acceptors (Lipinski definition) is 4. The van der Waals surface area contributed by atoms with E-state index in [9.17, 15) is 9.59 Å². The first-order chi connectivity index (χ1) is 16.4. The number of nitrogens with zero attached hydrogens (tertiary/aromatic N) is 2. The molecule has 1 heterocycles. The first-order valence-electron chi connectivity index (χ1n) is 11.3. The fourth-order valence-corrected chi connectivity index (χ4v) is 4.55. The van der Waals surface area contributed by atoms with Crippen molar-refractivity contribution in [3.63, 3.8) is 0 Å². The monoisotopic (exact) mass is 477 g/mol. The fraction of sp³-hybridized carbons (Fsp3) is 0.259. The standard InChI is InChI=1S/C27H28ClN3O3/c1-19-16-20(2)26(22(28)17-19)34-18-25(32)29-23-10-6-7-11-24(23)30-12-14-31(15-13-30)27(33)21-8-4-3-5-9-21/h3-11,16-17H,12-15,18H2,1-2H3,(H,29,32). The van der Waals surface area contributed by atoms with Gasteiger partial charge in [-0.15, -0.1) is 0 Å². The molecule has 0 spiro atoms. The molecule has 0 radical (unpaired) electrons. The molecule has 0 atom stereocenters. The maximum atomic E-state index is 12.7. The summed E-state index contributed by atoms with van der Waals surface area (Å²) in [6, 6.07) is 20.8. The number of aryl methyl sites for hydroxylation is 2. The SMILES string of the molecule is Cc1cc(C)c(OCC(=O)Nc2ccccc2N2CCN(C(=O)c3ccccc3)CC2)c(Cl)c1. The van der Waals surface area contributed by atoms with Gasteiger partial charge in [0.05, 0.1) is 16.4 Å². The highest BCUT2D eigenvalue weighted by Crippen LogP contribution is 2.30. The highest BCUT2D eigenvalue weighted by molar-refractivity contribution is 6.32. The number of nitrogens with one attached hydrogen (secondary N) is 1. The molecule has 1 saturated heterocycles. The van der Waals surface area contributed by atoms with E-state index in [2.05, 4.69) is 10.2 Å². The lowest BCUT2D eigenvalue weighted by Crippen LogP contribution is -2.49. The minimum Gasteiger partial charge on any atom is -0.482 e. The molecule has 34 heavy (non-hydrogen) atoms. The second-order valence-electron chi connectivity index (χ2n) is 8.39. The summed E-state index contributed by atoms with van der Waals surface area (Å²) in [6.45, 7) is 6.32. The van der Waals surface area contributed by atoms with Crippen LogP contribution in [0.5, 0.6) is 5.75 Å². The number of piperazine rings is 1. The maximum Gasteiger partial charge on any atom is 0.262 e. The van der Waals surface area contributed by atoms with Crippen molar-refractivity contribution in [2.45, 2.75) is 13.8 Å². The summed E-state index contributed by atoms with van der Waals surface area (Å²) in [7, 11) is 0. The van der Waals surface area contributed by atoms with Crippen LogP contribution in [0.2, 0.25) is 5.02 Å². The van der Waals surface area contributed by atoms with Crippen molar-refractivity contribution in [3.05, 3.63) is 88.4 Å². The van der Waals surface area contributed by atoms with Crippen LogP contribution >= 0.6 is 11.6 Å². The van der Waals surface area contributed by atoms with Gasteiger partial charge in [0.15, 0.2) is 6.61 Å². The van der Waals surface area contributed by atoms with Crippen molar-refractivity contribution in [1.29, 1.82) is 0 Å². The van der Waals surface area contributed by atoms with E-state index >= 15 is 0 Å². The number of carbonyl (C=O) groups is 2. The van der Waals surface area contributed by atoms with Gasteiger partial charge in [-0.2, -0.15) is 0 Å². The zero-order chi connectivity index (χ0) is 24.1. The summed E-state index contributed by atoms with van der Waals surface area (Å²) in [4.78, 5) is 29.5. The highest BCUT2D eigenvalue weighted by Gasteiger charge is 2.23. The molecule has 1 aliphatic rings. The first-order valence-corrected chi connectivity index (χ1v) is 11.7. The highest BCUT2D eigenvalue weighted by atomic mass is 35.5. The van der Waals surface area contributed by atoms with Crippen molar-refractivity contribution in [2.75, 3.05) is 43.0 Å². The van der Waals surface area contributed by atoms with E-state index in [0.717, 1.165) is 16.8 Å². The lowest BCUT2D eigenvalue weighted by molar-refractivity contribution is -0.118. The Bertz CT molecular complexity index is 1150. The Morgan fingerprint density at radius 1 is 0.941 bits per heavy atom. The summed E-state index contributed by atoms with van der Waals surface area (Å²) in [6.07, 6.45) is 0. The number of carbonyl (C=O) groups excluding carboxylic acids is 2. The average Bonchev–Trinajstić information content (AvgIpc) is 2.84. The molecular weight excluding hydrogens is 450 g/mol. The molecule has 4 rings (SSSR count). The quantitative estimate of drug-likeness (QED) is 0.546. The Labute approximate surface area is 205 Å². The third-order valence-electron chi connectivity index (χ3n) is 5.83. The van der Waals surface area contributed by atoms with Crippen LogP contribution in [0.25, 0.3) is 0 Å². The number of rotatable bonds is 6. The predicted molar refractivity (Wildman–Crippen MR) is 136 cm³/mol. The van der Waals surface area contributed by atoms with Crippen LogP contribution < -0.4 is 15.0 Å². The molecule has 1 fully saturated rings. The minimum absolute atomic E-state index is 0.0454. The van der Waals surface area contributed by atoms with Gasteiger partial charge in [0.2, 0.25) is 0 Å². The third kappa shape index (κ3) is 5.51. The first kappa shape index (κ1) is 23.6. The molecule has 176 valence electrons. The Hall–Kier alpha value is -3.51. The van der Waals surface area contributed by atoms with Crippen molar-refractivity contribution in [2.24, 2.45) is 0 Å². The fourth-order valence-electron chi connectivity index (χ4n) is 4.18. The molecule has 1 N–H and O–H groups in total. The molecule has 0 unspecified atom stereocenters. The number of anilines is 2. The lowest BCUT2D eigenvalue weighted by atomic mass is 10.1. The molecule has 6 nitrogen and oxygen atoms in total. The average molecular weight is 478 g/mol. The molecule has 0 saturated carbocycles. The van der Waals surface area contributed by atoms with Crippen molar-refractivity contribution in [3.8, 4) is 5.75 Å². The largest absolute Gasteiger partial charge is 0.482 e. The summed E-state index contributed by atoms with van der Waals surface area (Å²) in [5.41, 5.74) is 4.27.